The number of fused-ring (bicyclic) bond motifs is 1. The molecule has 0 radical (unpaired) electrons. The van der Waals surface area contributed by atoms with Crippen molar-refractivity contribution in [2.45, 2.75) is 30.3 Å². The molecule has 2 amide bonds. The number of carboxylic acids is 1. The maximum atomic E-state index is 12.7. The predicted octanol–water partition coefficient (Wildman–Crippen LogP) is 0.686. The Hall–Kier alpha value is -3.11. The fourth-order valence-corrected chi connectivity index (χ4v) is 5.08. The van der Waals surface area contributed by atoms with Gasteiger partial charge in [0.1, 0.15) is 17.1 Å². The first-order chi connectivity index (χ1) is 14.8. The van der Waals surface area contributed by atoms with Crippen LogP contribution in [-0.2, 0) is 30.4 Å². The van der Waals surface area contributed by atoms with Crippen LogP contribution in [0.25, 0.3) is 0 Å². The first-order valence-electron chi connectivity index (χ1n) is 9.71. The number of β-lactam (4-membered cyclic amide) rings is 1. The van der Waals surface area contributed by atoms with Crippen LogP contribution < -0.4 is 5.32 Å². The largest absolute Gasteiger partial charge is 0.477 e. The van der Waals surface area contributed by atoms with Crippen molar-refractivity contribution in [1.29, 1.82) is 0 Å². The summed E-state index contributed by atoms with van der Waals surface area (Å²) >= 11 is 1.39. The summed E-state index contributed by atoms with van der Waals surface area (Å²) in [4.78, 5) is 54.5. The summed E-state index contributed by atoms with van der Waals surface area (Å²) in [6, 6.07) is 8.13. The van der Waals surface area contributed by atoms with Crippen molar-refractivity contribution in [3.8, 4) is 0 Å². The van der Waals surface area contributed by atoms with E-state index in [1.54, 1.807) is 19.2 Å². The maximum absolute atomic E-state index is 12.7. The monoisotopic (exact) mass is 443 g/mol. The molecule has 0 spiro atoms. The van der Waals surface area contributed by atoms with Gasteiger partial charge in [0.2, 0.25) is 5.91 Å². The zero-order valence-electron chi connectivity index (χ0n) is 16.7. The molecule has 0 saturated carbocycles. The van der Waals surface area contributed by atoms with Crippen molar-refractivity contribution < 1.29 is 29.1 Å². The number of nitrogens with zero attached hydrogens (tertiary/aromatic N) is 2. The van der Waals surface area contributed by atoms with Gasteiger partial charge in [-0.15, -0.1) is 16.8 Å². The van der Waals surface area contributed by atoms with Gasteiger partial charge in [0, 0.05) is 12.8 Å². The van der Waals surface area contributed by atoms with Gasteiger partial charge in [0.15, 0.2) is 0 Å². The van der Waals surface area contributed by atoms with Crippen molar-refractivity contribution in [3.05, 3.63) is 59.3 Å². The minimum absolute atomic E-state index is 0.0912. The molecule has 1 aromatic carbocycles. The third-order valence-electron chi connectivity index (χ3n) is 5.33. The molecule has 1 aromatic rings. The number of allylic oxidation sites excluding steroid dienone is 1. The number of carbonyl (C=O) groups is 4. The summed E-state index contributed by atoms with van der Waals surface area (Å²) in [5, 5.41) is 13.4. The Kier molecular flexibility index (Phi) is 5.84. The van der Waals surface area contributed by atoms with E-state index in [2.05, 4.69) is 5.32 Å². The molecular formula is C21H21N3O6S. The number of aliphatic carboxylic acids is 1. The lowest BCUT2D eigenvalue weighted by atomic mass is 10.0. The molecule has 3 atom stereocenters. The van der Waals surface area contributed by atoms with Gasteiger partial charge in [0.25, 0.3) is 5.91 Å². The molecule has 3 aliphatic heterocycles. The van der Waals surface area contributed by atoms with Crippen molar-refractivity contribution in [3.63, 3.8) is 0 Å². The second-order valence-electron chi connectivity index (χ2n) is 7.44. The number of likely N-dealkylation sites (N-methyl/N-ethyl adjacent to an activating group) is 1. The highest BCUT2D eigenvalue weighted by Gasteiger charge is 2.53. The molecule has 3 heterocycles. The van der Waals surface area contributed by atoms with Crippen molar-refractivity contribution in [2.75, 3.05) is 12.8 Å². The normalized spacial score (nSPS) is 26.0. The van der Waals surface area contributed by atoms with Gasteiger partial charge >= 0.3 is 11.9 Å². The van der Waals surface area contributed by atoms with Crippen LogP contribution in [0, 0.1) is 0 Å². The zero-order chi connectivity index (χ0) is 22.1. The van der Waals surface area contributed by atoms with E-state index in [1.807, 2.05) is 30.3 Å². The van der Waals surface area contributed by atoms with Crippen molar-refractivity contribution in [2.24, 2.45) is 0 Å². The first-order valence-corrected chi connectivity index (χ1v) is 10.8. The standard InChI is InChI=1S/C21H21N3O6S/c1-23-14(10-16(26)30-23)8-7-13-11-31-20-17(19(27)24(20)18(13)21(28)29)22-15(25)9-12-5-3-2-4-6-12/h2-8,14,17,20H,9-11H2,1H3,(H,22,25)(H,28,29). The predicted molar refractivity (Wildman–Crippen MR) is 111 cm³/mol. The van der Waals surface area contributed by atoms with E-state index in [-0.39, 0.29) is 36.5 Å². The average molecular weight is 443 g/mol. The van der Waals surface area contributed by atoms with Gasteiger partial charge < -0.3 is 15.3 Å². The van der Waals surface area contributed by atoms with Crippen LogP contribution in [0.4, 0.5) is 0 Å². The van der Waals surface area contributed by atoms with Crippen LogP contribution in [-0.4, -0.2) is 69.1 Å². The van der Waals surface area contributed by atoms with E-state index in [0.717, 1.165) is 5.56 Å². The summed E-state index contributed by atoms with van der Waals surface area (Å²) in [5.41, 5.74) is 1.22. The second-order valence-corrected chi connectivity index (χ2v) is 8.54. The molecule has 10 heteroatoms. The average Bonchev–Trinajstić information content (AvgIpc) is 3.07. The highest BCUT2D eigenvalue weighted by atomic mass is 32.2. The van der Waals surface area contributed by atoms with Gasteiger partial charge in [-0.1, -0.05) is 42.5 Å². The molecule has 2 N–H and O–H groups in total. The second kappa shape index (κ2) is 8.56. The summed E-state index contributed by atoms with van der Waals surface area (Å²) in [7, 11) is 1.62. The fraction of sp³-hybridized carbons (Fsp3) is 0.333. The third kappa shape index (κ3) is 4.21. The van der Waals surface area contributed by atoms with Crippen molar-refractivity contribution in [1.82, 2.24) is 15.3 Å². The van der Waals surface area contributed by atoms with E-state index in [1.165, 1.54) is 21.7 Å². The number of benzene rings is 1. The molecular weight excluding hydrogens is 422 g/mol. The number of hydroxylamine groups is 2. The summed E-state index contributed by atoms with van der Waals surface area (Å²) < 4.78 is 0. The number of amides is 2. The summed E-state index contributed by atoms with van der Waals surface area (Å²) in [6.45, 7) is 0. The molecule has 3 unspecified atom stereocenters. The molecule has 2 fully saturated rings. The highest BCUT2D eigenvalue weighted by Crippen LogP contribution is 2.40. The Balaban J connectivity index is 1.46. The molecule has 4 rings (SSSR count). The Morgan fingerprint density at radius 2 is 2.03 bits per heavy atom. The minimum atomic E-state index is -1.21. The number of carbonyl (C=O) groups excluding carboxylic acids is 3. The lowest BCUT2D eigenvalue weighted by Gasteiger charge is -2.49. The zero-order valence-corrected chi connectivity index (χ0v) is 17.5. The first kappa shape index (κ1) is 21.1. The van der Waals surface area contributed by atoms with E-state index < -0.39 is 23.3 Å². The Morgan fingerprint density at radius 3 is 2.68 bits per heavy atom. The molecule has 0 aliphatic carbocycles. The number of nitrogens with one attached hydrogen (secondary N) is 1. The topological polar surface area (TPSA) is 116 Å². The van der Waals surface area contributed by atoms with Crippen LogP contribution in [0.15, 0.2) is 53.8 Å². The molecule has 0 aromatic heterocycles. The van der Waals surface area contributed by atoms with E-state index >= 15 is 0 Å². The van der Waals surface area contributed by atoms with Gasteiger partial charge in [-0.25, -0.2) is 4.79 Å². The molecule has 9 nitrogen and oxygen atoms in total. The lowest BCUT2D eigenvalue weighted by Crippen LogP contribution is -2.70. The van der Waals surface area contributed by atoms with E-state index in [4.69, 9.17) is 4.84 Å². The fourth-order valence-electron chi connectivity index (χ4n) is 3.76. The van der Waals surface area contributed by atoms with Crippen LogP contribution >= 0.6 is 11.8 Å². The smallest absolute Gasteiger partial charge is 0.352 e. The van der Waals surface area contributed by atoms with Crippen LogP contribution in [0.5, 0.6) is 0 Å². The van der Waals surface area contributed by atoms with Crippen molar-refractivity contribution >= 4 is 35.5 Å². The third-order valence-corrected chi connectivity index (χ3v) is 6.63. The molecule has 162 valence electrons. The van der Waals surface area contributed by atoms with Gasteiger partial charge in [-0.05, 0) is 11.1 Å². The van der Waals surface area contributed by atoms with Gasteiger partial charge in [-0.3, -0.25) is 19.3 Å². The number of hydrogen-bond donors (Lipinski definition) is 2. The van der Waals surface area contributed by atoms with Gasteiger partial charge in [0.05, 0.1) is 18.9 Å². The Labute approximate surface area is 182 Å². The minimum Gasteiger partial charge on any atom is -0.477 e. The van der Waals surface area contributed by atoms with E-state index in [9.17, 15) is 24.3 Å². The van der Waals surface area contributed by atoms with Crippen LogP contribution in [0.1, 0.15) is 12.0 Å². The molecule has 0 bridgehead atoms. The number of carboxylic acid groups (broad SMARTS) is 1. The molecule has 3 aliphatic rings. The Bertz CT molecular complexity index is 992. The highest BCUT2D eigenvalue weighted by molar-refractivity contribution is 8.00. The van der Waals surface area contributed by atoms with Crippen LogP contribution in [0.3, 0.4) is 0 Å². The molecule has 31 heavy (non-hydrogen) atoms. The lowest BCUT2D eigenvalue weighted by molar-refractivity contribution is -0.167. The van der Waals surface area contributed by atoms with E-state index in [0.29, 0.717) is 11.3 Å². The Morgan fingerprint density at radius 1 is 1.29 bits per heavy atom. The number of thioether (sulfide) groups is 1. The number of hydrogen-bond acceptors (Lipinski definition) is 7. The SMILES string of the molecule is CN1OC(=O)CC1C=CC1=C(C(=O)O)N2C(=O)C(NC(=O)Cc3ccccc3)C2SC1. The summed E-state index contributed by atoms with van der Waals surface area (Å²) in [5.74, 6) is -1.93. The maximum Gasteiger partial charge on any atom is 0.352 e. The molecule has 2 saturated heterocycles. The van der Waals surface area contributed by atoms with Crippen LogP contribution in [0.2, 0.25) is 0 Å². The number of rotatable bonds is 6. The quantitative estimate of drug-likeness (QED) is 0.617. The van der Waals surface area contributed by atoms with Gasteiger partial charge in [-0.2, -0.15) is 0 Å². The summed E-state index contributed by atoms with van der Waals surface area (Å²) in [6.07, 6.45) is 3.65.